The lowest BCUT2D eigenvalue weighted by Crippen LogP contribution is -2.36. The summed E-state index contributed by atoms with van der Waals surface area (Å²) < 4.78 is 0. The van der Waals surface area contributed by atoms with Gasteiger partial charge in [0.15, 0.2) is 5.69 Å². The van der Waals surface area contributed by atoms with Crippen molar-refractivity contribution in [3.63, 3.8) is 0 Å². The Hall–Kier alpha value is -3.15. The molecule has 2 fully saturated rings. The van der Waals surface area contributed by atoms with E-state index in [0.29, 0.717) is 31.2 Å². The number of carbonyl (C=O) groups excluding carboxylic acids is 2. The molecule has 0 spiro atoms. The minimum atomic E-state index is -0.0342. The van der Waals surface area contributed by atoms with Crippen LogP contribution in [0, 0.1) is 11.8 Å². The number of amides is 2. The van der Waals surface area contributed by atoms with Crippen molar-refractivity contribution in [1.29, 1.82) is 0 Å². The van der Waals surface area contributed by atoms with E-state index < -0.39 is 0 Å². The summed E-state index contributed by atoms with van der Waals surface area (Å²) in [6, 6.07) is 17.9. The molecule has 0 bridgehead atoms. The molecule has 142 valence electrons. The SMILES string of the molecule is CC(=O)N1C[C@H]2CN(C(=O)c3n[nH]c4ccccc34)C[C@H]2[C@@H]1c1ccccc1. The number of hydrogen-bond donors (Lipinski definition) is 1. The van der Waals surface area contributed by atoms with Gasteiger partial charge in [-0.05, 0) is 11.6 Å². The van der Waals surface area contributed by atoms with Gasteiger partial charge >= 0.3 is 0 Å². The quantitative estimate of drug-likeness (QED) is 0.750. The third-order valence-corrected chi connectivity index (χ3v) is 6.17. The van der Waals surface area contributed by atoms with Gasteiger partial charge in [0.25, 0.3) is 5.91 Å². The molecule has 3 heterocycles. The van der Waals surface area contributed by atoms with E-state index in [-0.39, 0.29) is 23.8 Å². The molecule has 0 aliphatic carbocycles. The van der Waals surface area contributed by atoms with Crippen LogP contribution in [0.4, 0.5) is 0 Å². The monoisotopic (exact) mass is 374 g/mol. The maximum Gasteiger partial charge on any atom is 0.275 e. The zero-order valence-corrected chi connectivity index (χ0v) is 15.7. The van der Waals surface area contributed by atoms with Gasteiger partial charge in [-0.25, -0.2) is 0 Å². The average molecular weight is 374 g/mol. The first kappa shape index (κ1) is 17.0. The predicted molar refractivity (Wildman–Crippen MR) is 106 cm³/mol. The molecule has 5 rings (SSSR count). The van der Waals surface area contributed by atoms with E-state index in [1.54, 1.807) is 6.92 Å². The molecule has 28 heavy (non-hydrogen) atoms. The Morgan fingerprint density at radius 3 is 2.54 bits per heavy atom. The molecule has 2 aromatic carbocycles. The maximum absolute atomic E-state index is 13.2. The van der Waals surface area contributed by atoms with Crippen molar-refractivity contribution in [3.8, 4) is 0 Å². The van der Waals surface area contributed by atoms with E-state index in [9.17, 15) is 9.59 Å². The van der Waals surface area contributed by atoms with E-state index in [4.69, 9.17) is 0 Å². The van der Waals surface area contributed by atoms with Gasteiger partial charge in [0, 0.05) is 43.8 Å². The van der Waals surface area contributed by atoms with Crippen molar-refractivity contribution >= 4 is 22.7 Å². The van der Waals surface area contributed by atoms with Crippen molar-refractivity contribution in [2.75, 3.05) is 19.6 Å². The fourth-order valence-corrected chi connectivity index (χ4v) is 4.89. The minimum absolute atomic E-state index is 0.0254. The summed E-state index contributed by atoms with van der Waals surface area (Å²) in [7, 11) is 0. The van der Waals surface area contributed by atoms with Crippen LogP contribution in [0.1, 0.15) is 29.0 Å². The van der Waals surface area contributed by atoms with Gasteiger partial charge in [-0.1, -0.05) is 48.5 Å². The van der Waals surface area contributed by atoms with E-state index in [2.05, 4.69) is 22.3 Å². The Kier molecular flexibility index (Phi) is 3.93. The van der Waals surface area contributed by atoms with E-state index in [1.165, 1.54) is 0 Å². The van der Waals surface area contributed by atoms with E-state index >= 15 is 0 Å². The minimum Gasteiger partial charge on any atom is -0.336 e. The summed E-state index contributed by atoms with van der Waals surface area (Å²) in [4.78, 5) is 29.3. The highest BCUT2D eigenvalue weighted by Gasteiger charge is 2.49. The van der Waals surface area contributed by atoms with Crippen molar-refractivity contribution in [3.05, 3.63) is 65.9 Å². The number of rotatable bonds is 2. The van der Waals surface area contributed by atoms with Crippen LogP contribution in [0.25, 0.3) is 10.9 Å². The highest BCUT2D eigenvalue weighted by Crippen LogP contribution is 2.45. The van der Waals surface area contributed by atoms with Crippen LogP contribution in [-0.2, 0) is 4.79 Å². The summed E-state index contributed by atoms with van der Waals surface area (Å²) in [6.07, 6.45) is 0. The van der Waals surface area contributed by atoms with Crippen LogP contribution in [0.5, 0.6) is 0 Å². The molecule has 2 saturated heterocycles. The number of nitrogens with zero attached hydrogens (tertiary/aromatic N) is 3. The fourth-order valence-electron chi connectivity index (χ4n) is 4.89. The summed E-state index contributed by atoms with van der Waals surface area (Å²) >= 11 is 0. The lowest BCUT2D eigenvalue weighted by atomic mass is 9.89. The predicted octanol–water partition coefficient (Wildman–Crippen LogP) is 2.85. The number of hydrogen-bond acceptors (Lipinski definition) is 3. The number of H-pyrrole nitrogens is 1. The van der Waals surface area contributed by atoms with Crippen molar-refractivity contribution < 1.29 is 9.59 Å². The molecule has 0 saturated carbocycles. The summed E-state index contributed by atoms with van der Waals surface area (Å²) in [6.45, 7) is 3.65. The molecule has 3 aromatic rings. The van der Waals surface area contributed by atoms with Crippen LogP contribution in [-0.4, -0.2) is 51.4 Å². The van der Waals surface area contributed by atoms with Gasteiger partial charge in [-0.15, -0.1) is 0 Å². The van der Waals surface area contributed by atoms with Gasteiger partial charge in [0.05, 0.1) is 11.6 Å². The molecular weight excluding hydrogens is 352 g/mol. The second kappa shape index (κ2) is 6.48. The Labute approximate surface area is 163 Å². The van der Waals surface area contributed by atoms with Crippen LogP contribution in [0.15, 0.2) is 54.6 Å². The third-order valence-electron chi connectivity index (χ3n) is 6.17. The van der Waals surface area contributed by atoms with Gasteiger partial charge < -0.3 is 9.80 Å². The standard InChI is InChI=1S/C22H22N4O2/c1-14(27)26-12-16-11-25(13-18(16)21(26)15-7-3-2-4-8-15)22(28)20-17-9-5-6-10-19(17)23-24-20/h2-10,16,18,21H,11-13H2,1H3,(H,23,24)/t16-,18-,21+/m1/s1. The van der Waals surface area contributed by atoms with Crippen LogP contribution in [0.3, 0.4) is 0 Å². The molecule has 6 nitrogen and oxygen atoms in total. The highest BCUT2D eigenvalue weighted by molar-refractivity contribution is 6.04. The molecule has 0 radical (unpaired) electrons. The smallest absolute Gasteiger partial charge is 0.275 e. The summed E-state index contributed by atoms with van der Waals surface area (Å²) in [5.74, 6) is 0.608. The number of carbonyl (C=O) groups is 2. The second-order valence-corrected chi connectivity index (χ2v) is 7.78. The Morgan fingerprint density at radius 1 is 1.00 bits per heavy atom. The van der Waals surface area contributed by atoms with Gasteiger partial charge in [0.2, 0.25) is 5.91 Å². The Bertz CT molecular complexity index is 1040. The zero-order valence-electron chi connectivity index (χ0n) is 15.7. The first-order valence-corrected chi connectivity index (χ1v) is 9.68. The topological polar surface area (TPSA) is 69.3 Å². The Morgan fingerprint density at radius 2 is 1.75 bits per heavy atom. The molecule has 2 amide bonds. The number of fused-ring (bicyclic) bond motifs is 2. The molecule has 3 atom stereocenters. The number of para-hydroxylation sites is 1. The maximum atomic E-state index is 13.2. The molecule has 1 N–H and O–H groups in total. The molecule has 2 aliphatic heterocycles. The van der Waals surface area contributed by atoms with E-state index in [0.717, 1.165) is 16.5 Å². The summed E-state index contributed by atoms with van der Waals surface area (Å²) in [5, 5.41) is 8.08. The normalized spacial score (nSPS) is 24.0. The van der Waals surface area contributed by atoms with E-state index in [1.807, 2.05) is 52.3 Å². The number of likely N-dealkylation sites (tertiary alicyclic amines) is 2. The number of benzene rings is 2. The van der Waals surface area contributed by atoms with Crippen LogP contribution >= 0.6 is 0 Å². The van der Waals surface area contributed by atoms with Crippen molar-refractivity contribution in [2.45, 2.75) is 13.0 Å². The molecule has 0 unspecified atom stereocenters. The first-order chi connectivity index (χ1) is 13.6. The van der Waals surface area contributed by atoms with Crippen LogP contribution < -0.4 is 0 Å². The average Bonchev–Trinajstić information content (AvgIpc) is 3.40. The van der Waals surface area contributed by atoms with Gasteiger partial charge in [-0.2, -0.15) is 5.10 Å². The molecular formula is C22H22N4O2. The summed E-state index contributed by atoms with van der Waals surface area (Å²) in [5.41, 5.74) is 2.50. The largest absolute Gasteiger partial charge is 0.336 e. The number of nitrogens with one attached hydrogen (secondary N) is 1. The lowest BCUT2D eigenvalue weighted by molar-refractivity contribution is -0.130. The van der Waals surface area contributed by atoms with Crippen molar-refractivity contribution in [1.82, 2.24) is 20.0 Å². The Balaban J connectivity index is 1.43. The molecule has 1 aromatic heterocycles. The second-order valence-electron chi connectivity index (χ2n) is 7.78. The molecule has 6 heteroatoms. The third kappa shape index (κ3) is 2.59. The first-order valence-electron chi connectivity index (χ1n) is 9.68. The highest BCUT2D eigenvalue weighted by atomic mass is 16.2. The number of aromatic nitrogens is 2. The molecule has 2 aliphatic rings. The fraction of sp³-hybridized carbons (Fsp3) is 0.318. The van der Waals surface area contributed by atoms with Gasteiger partial charge in [0.1, 0.15) is 0 Å². The lowest BCUT2D eigenvalue weighted by Gasteiger charge is -2.29. The number of aromatic amines is 1. The van der Waals surface area contributed by atoms with Crippen molar-refractivity contribution in [2.24, 2.45) is 11.8 Å². The van der Waals surface area contributed by atoms with Crippen LogP contribution in [0.2, 0.25) is 0 Å². The van der Waals surface area contributed by atoms with Gasteiger partial charge in [-0.3, -0.25) is 14.7 Å². The zero-order chi connectivity index (χ0) is 19.3.